The normalized spacial score (nSPS) is 17.7. The molecule has 1 saturated heterocycles. The number of aliphatic carboxylic acids is 1. The van der Waals surface area contributed by atoms with Gasteiger partial charge in [0.25, 0.3) is 0 Å². The van der Waals surface area contributed by atoms with Gasteiger partial charge in [0.1, 0.15) is 5.75 Å². The average Bonchev–Trinajstić information content (AvgIpc) is 2.35. The van der Waals surface area contributed by atoms with E-state index in [-0.39, 0.29) is 35.8 Å². The Morgan fingerprint density at radius 2 is 1.81 bits per heavy atom. The summed E-state index contributed by atoms with van der Waals surface area (Å²) in [7, 11) is 0. The fraction of sp³-hybridized carbons (Fsp3) is 0.400. The number of imide groups is 1. The smallest absolute Gasteiger partial charge is 0.341 e. The van der Waals surface area contributed by atoms with Gasteiger partial charge in [0.05, 0.1) is 5.69 Å². The lowest BCUT2D eigenvalue weighted by Gasteiger charge is -2.35. The van der Waals surface area contributed by atoms with Gasteiger partial charge in [0.2, 0.25) is 11.8 Å². The van der Waals surface area contributed by atoms with E-state index in [0.717, 1.165) is 4.90 Å². The van der Waals surface area contributed by atoms with Crippen molar-refractivity contribution in [2.24, 2.45) is 5.41 Å². The number of amides is 2. The quantitative estimate of drug-likeness (QED) is 0.856. The van der Waals surface area contributed by atoms with Crippen LogP contribution < -0.4 is 9.64 Å². The van der Waals surface area contributed by atoms with Gasteiger partial charge in [0, 0.05) is 12.8 Å². The third-order valence-corrected chi connectivity index (χ3v) is 3.22. The van der Waals surface area contributed by atoms with E-state index in [1.54, 1.807) is 24.3 Å². The van der Waals surface area contributed by atoms with Crippen molar-refractivity contribution in [3.8, 4) is 5.75 Å². The van der Waals surface area contributed by atoms with Crippen LogP contribution in [0.3, 0.4) is 0 Å². The maximum absolute atomic E-state index is 12.2. The fourth-order valence-electron chi connectivity index (χ4n) is 2.35. The van der Waals surface area contributed by atoms with Crippen molar-refractivity contribution in [2.75, 3.05) is 11.5 Å². The van der Waals surface area contributed by atoms with Gasteiger partial charge in [-0.15, -0.1) is 0 Å². The number of carboxylic acids is 1. The molecular formula is C15H17NO5. The number of hydrogen-bond acceptors (Lipinski definition) is 4. The zero-order valence-corrected chi connectivity index (χ0v) is 12.0. The van der Waals surface area contributed by atoms with E-state index >= 15 is 0 Å². The van der Waals surface area contributed by atoms with Gasteiger partial charge >= 0.3 is 5.97 Å². The first kappa shape index (κ1) is 15.0. The van der Waals surface area contributed by atoms with Crippen molar-refractivity contribution < 1.29 is 24.2 Å². The second-order valence-electron chi connectivity index (χ2n) is 5.79. The maximum Gasteiger partial charge on any atom is 0.341 e. The first-order chi connectivity index (χ1) is 9.80. The predicted molar refractivity (Wildman–Crippen MR) is 75.1 cm³/mol. The molecule has 0 radical (unpaired) electrons. The number of anilines is 1. The van der Waals surface area contributed by atoms with E-state index in [2.05, 4.69) is 0 Å². The van der Waals surface area contributed by atoms with Crippen LogP contribution in [0.15, 0.2) is 24.3 Å². The third kappa shape index (κ3) is 3.39. The number of nitrogens with zero attached hydrogens (tertiary/aromatic N) is 1. The molecule has 1 fully saturated rings. The Hall–Kier alpha value is -2.37. The summed E-state index contributed by atoms with van der Waals surface area (Å²) in [5.41, 5.74) is -0.0640. The van der Waals surface area contributed by atoms with Crippen LogP contribution in [-0.4, -0.2) is 29.5 Å². The number of rotatable bonds is 4. The molecule has 0 spiro atoms. The molecule has 2 amide bonds. The van der Waals surface area contributed by atoms with Crippen LogP contribution in [0.25, 0.3) is 0 Å². The predicted octanol–water partition coefficient (Wildman–Crippen LogP) is 1.83. The Balaban J connectivity index is 2.31. The summed E-state index contributed by atoms with van der Waals surface area (Å²) in [5, 5.41) is 8.68. The van der Waals surface area contributed by atoms with Gasteiger partial charge in [-0.1, -0.05) is 26.0 Å². The van der Waals surface area contributed by atoms with E-state index in [1.807, 2.05) is 13.8 Å². The van der Waals surface area contributed by atoms with Crippen LogP contribution in [0.1, 0.15) is 26.7 Å². The first-order valence-electron chi connectivity index (χ1n) is 6.59. The lowest BCUT2D eigenvalue weighted by atomic mass is 9.81. The molecule has 1 aliphatic rings. The monoisotopic (exact) mass is 291 g/mol. The minimum Gasteiger partial charge on any atom is -0.480 e. The van der Waals surface area contributed by atoms with Crippen LogP contribution in [0.5, 0.6) is 5.75 Å². The van der Waals surface area contributed by atoms with Gasteiger partial charge in [-0.3, -0.25) is 9.59 Å². The fourth-order valence-corrected chi connectivity index (χ4v) is 2.35. The van der Waals surface area contributed by atoms with E-state index in [0.29, 0.717) is 5.69 Å². The average molecular weight is 291 g/mol. The molecule has 6 heteroatoms. The van der Waals surface area contributed by atoms with Gasteiger partial charge in [-0.25, -0.2) is 9.69 Å². The van der Waals surface area contributed by atoms with Crippen molar-refractivity contribution >= 4 is 23.5 Å². The van der Waals surface area contributed by atoms with E-state index in [9.17, 15) is 14.4 Å². The molecule has 1 N–H and O–H groups in total. The Labute approximate surface area is 122 Å². The van der Waals surface area contributed by atoms with E-state index in [4.69, 9.17) is 9.84 Å². The van der Waals surface area contributed by atoms with Gasteiger partial charge < -0.3 is 9.84 Å². The summed E-state index contributed by atoms with van der Waals surface area (Å²) in [6.07, 6.45) is 0.512. The summed E-state index contributed by atoms with van der Waals surface area (Å²) < 4.78 is 5.15. The highest BCUT2D eigenvalue weighted by molar-refractivity contribution is 6.17. The van der Waals surface area contributed by atoms with Gasteiger partial charge in [-0.2, -0.15) is 0 Å². The molecule has 1 aliphatic heterocycles. The standard InChI is InChI=1S/C15H17NO5/c1-15(2)7-12(17)16(13(18)8-15)10-5-3-4-6-11(10)21-9-14(19)20/h3-6H,7-9H2,1-2H3,(H,19,20). The number of ether oxygens (including phenoxy) is 1. The molecule has 0 bridgehead atoms. The molecule has 0 saturated carbocycles. The molecule has 1 aromatic rings. The van der Waals surface area contributed by atoms with Crippen molar-refractivity contribution in [2.45, 2.75) is 26.7 Å². The van der Waals surface area contributed by atoms with Crippen molar-refractivity contribution in [3.63, 3.8) is 0 Å². The molecular weight excluding hydrogens is 274 g/mol. The van der Waals surface area contributed by atoms with E-state index in [1.165, 1.54) is 0 Å². The molecule has 112 valence electrons. The number of piperidine rings is 1. The Bertz CT molecular complexity index is 573. The van der Waals surface area contributed by atoms with Crippen LogP contribution in [0.2, 0.25) is 0 Å². The zero-order chi connectivity index (χ0) is 15.6. The highest BCUT2D eigenvalue weighted by Gasteiger charge is 2.39. The second-order valence-corrected chi connectivity index (χ2v) is 5.79. The topological polar surface area (TPSA) is 83.9 Å². The summed E-state index contributed by atoms with van der Waals surface area (Å²) >= 11 is 0. The number of carbonyl (C=O) groups is 3. The first-order valence-corrected chi connectivity index (χ1v) is 6.59. The Morgan fingerprint density at radius 1 is 1.24 bits per heavy atom. The van der Waals surface area contributed by atoms with Gasteiger partial charge in [0.15, 0.2) is 6.61 Å². The van der Waals surface area contributed by atoms with Crippen molar-refractivity contribution in [1.29, 1.82) is 0 Å². The Morgan fingerprint density at radius 3 is 2.38 bits per heavy atom. The minimum absolute atomic E-state index is 0.210. The number of benzene rings is 1. The Kier molecular flexibility index (Phi) is 3.97. The SMILES string of the molecule is CC1(C)CC(=O)N(c2ccccc2OCC(=O)O)C(=O)C1. The lowest BCUT2D eigenvalue weighted by Crippen LogP contribution is -2.46. The number of para-hydroxylation sites is 2. The minimum atomic E-state index is -1.12. The summed E-state index contributed by atoms with van der Waals surface area (Å²) in [6, 6.07) is 6.44. The summed E-state index contributed by atoms with van der Waals surface area (Å²) in [6.45, 7) is 3.21. The van der Waals surface area contributed by atoms with Crippen molar-refractivity contribution in [3.05, 3.63) is 24.3 Å². The lowest BCUT2D eigenvalue weighted by molar-refractivity contribution is -0.139. The third-order valence-electron chi connectivity index (χ3n) is 3.22. The zero-order valence-electron chi connectivity index (χ0n) is 12.0. The van der Waals surface area contributed by atoms with Gasteiger partial charge in [-0.05, 0) is 17.5 Å². The number of carbonyl (C=O) groups excluding carboxylic acids is 2. The van der Waals surface area contributed by atoms with Crippen LogP contribution in [0, 0.1) is 5.41 Å². The molecule has 0 atom stereocenters. The van der Waals surface area contributed by atoms with E-state index < -0.39 is 12.6 Å². The number of carboxylic acid groups (broad SMARTS) is 1. The van der Waals surface area contributed by atoms with Crippen LogP contribution in [-0.2, 0) is 14.4 Å². The highest BCUT2D eigenvalue weighted by Crippen LogP contribution is 2.37. The highest BCUT2D eigenvalue weighted by atomic mass is 16.5. The van der Waals surface area contributed by atoms with Crippen molar-refractivity contribution in [1.82, 2.24) is 0 Å². The van der Waals surface area contributed by atoms with Crippen LogP contribution in [0.4, 0.5) is 5.69 Å². The molecule has 0 aromatic heterocycles. The molecule has 1 aromatic carbocycles. The summed E-state index contributed by atoms with van der Waals surface area (Å²) in [4.78, 5) is 36.2. The molecule has 1 heterocycles. The molecule has 2 rings (SSSR count). The molecule has 6 nitrogen and oxygen atoms in total. The largest absolute Gasteiger partial charge is 0.480 e. The second kappa shape index (κ2) is 5.55. The molecule has 0 unspecified atom stereocenters. The number of hydrogen-bond donors (Lipinski definition) is 1. The van der Waals surface area contributed by atoms with Crippen LogP contribution >= 0.6 is 0 Å². The molecule has 0 aliphatic carbocycles. The summed E-state index contributed by atoms with van der Waals surface area (Å²) in [5.74, 6) is -1.52. The maximum atomic E-state index is 12.2. The molecule has 21 heavy (non-hydrogen) atoms.